The second-order valence-corrected chi connectivity index (χ2v) is 6.06. The lowest BCUT2D eigenvalue weighted by atomic mass is 10.0. The molecule has 1 aromatic carbocycles. The zero-order valence-corrected chi connectivity index (χ0v) is 13.6. The van der Waals surface area contributed by atoms with Gasteiger partial charge >= 0.3 is 5.97 Å². The highest BCUT2D eigenvalue weighted by molar-refractivity contribution is 9.10. The Balaban J connectivity index is 2.62. The molecule has 3 nitrogen and oxygen atoms in total. The number of carbonyl (C=O) groups excluding carboxylic acids is 1. The van der Waals surface area contributed by atoms with Crippen molar-refractivity contribution in [2.45, 2.75) is 39.8 Å². The second-order valence-electron chi connectivity index (χ2n) is 5.21. The Morgan fingerprint density at radius 1 is 1.37 bits per heavy atom. The molecular formula is C15H22BrNO2. The van der Waals surface area contributed by atoms with Crippen LogP contribution in [0.2, 0.25) is 0 Å². The molecule has 0 aromatic heterocycles. The van der Waals surface area contributed by atoms with Gasteiger partial charge in [-0.05, 0) is 37.0 Å². The summed E-state index contributed by atoms with van der Waals surface area (Å²) in [6.07, 6.45) is 1.15. The molecule has 0 amide bonds. The van der Waals surface area contributed by atoms with Crippen molar-refractivity contribution in [3.8, 4) is 0 Å². The number of nitrogens with one attached hydrogen (secondary N) is 1. The summed E-state index contributed by atoms with van der Waals surface area (Å²) in [5, 5.41) is 3.49. The highest BCUT2D eigenvalue weighted by atomic mass is 79.9. The molecule has 4 heteroatoms. The standard InChI is InChI=1S/C15H22BrNO2/c1-10(2)7-11(3)17-9-13-6-5-12(8-14(13)16)15(18)19-4/h5-6,8,10-11,17H,7,9H2,1-4H3. The van der Waals surface area contributed by atoms with E-state index in [4.69, 9.17) is 4.74 Å². The van der Waals surface area contributed by atoms with Gasteiger partial charge in [-0.25, -0.2) is 4.79 Å². The fraction of sp³-hybridized carbons (Fsp3) is 0.533. The van der Waals surface area contributed by atoms with Gasteiger partial charge in [0.25, 0.3) is 0 Å². The van der Waals surface area contributed by atoms with Crippen molar-refractivity contribution in [1.29, 1.82) is 0 Å². The third-order valence-corrected chi connectivity index (χ3v) is 3.68. The molecule has 1 rings (SSSR count). The lowest BCUT2D eigenvalue weighted by molar-refractivity contribution is 0.0600. The number of ether oxygens (including phenoxy) is 1. The van der Waals surface area contributed by atoms with Crippen molar-refractivity contribution in [3.63, 3.8) is 0 Å². The molecule has 0 bridgehead atoms. The first kappa shape index (κ1) is 16.2. The zero-order valence-electron chi connectivity index (χ0n) is 12.0. The maximum absolute atomic E-state index is 11.4. The summed E-state index contributed by atoms with van der Waals surface area (Å²) < 4.78 is 5.63. The highest BCUT2D eigenvalue weighted by Crippen LogP contribution is 2.19. The number of benzene rings is 1. The molecule has 0 fully saturated rings. The summed E-state index contributed by atoms with van der Waals surface area (Å²) in [4.78, 5) is 11.4. The number of esters is 1. The van der Waals surface area contributed by atoms with E-state index in [1.807, 2.05) is 6.07 Å². The number of carbonyl (C=O) groups is 1. The van der Waals surface area contributed by atoms with Crippen molar-refractivity contribution >= 4 is 21.9 Å². The van der Waals surface area contributed by atoms with Crippen LogP contribution in [0.15, 0.2) is 22.7 Å². The molecule has 0 aliphatic carbocycles. The first-order valence-corrected chi connectivity index (χ1v) is 7.33. The maximum Gasteiger partial charge on any atom is 0.337 e. The van der Waals surface area contributed by atoms with Gasteiger partial charge in [0.2, 0.25) is 0 Å². The molecule has 19 heavy (non-hydrogen) atoms. The van der Waals surface area contributed by atoms with E-state index < -0.39 is 0 Å². The monoisotopic (exact) mass is 327 g/mol. The van der Waals surface area contributed by atoms with E-state index in [-0.39, 0.29) is 5.97 Å². The molecule has 0 aliphatic heterocycles. The largest absolute Gasteiger partial charge is 0.465 e. The fourth-order valence-corrected chi connectivity index (χ4v) is 2.53. The molecule has 1 aromatic rings. The van der Waals surface area contributed by atoms with Crippen LogP contribution in [0.3, 0.4) is 0 Å². The Morgan fingerprint density at radius 3 is 2.58 bits per heavy atom. The molecule has 1 N–H and O–H groups in total. The summed E-state index contributed by atoms with van der Waals surface area (Å²) in [5.41, 5.74) is 1.71. The van der Waals surface area contributed by atoms with Crippen LogP contribution in [0, 0.1) is 5.92 Å². The third kappa shape index (κ3) is 5.33. The van der Waals surface area contributed by atoms with Crippen molar-refractivity contribution in [2.24, 2.45) is 5.92 Å². The van der Waals surface area contributed by atoms with E-state index in [9.17, 15) is 4.79 Å². The Bertz CT molecular complexity index is 432. The summed E-state index contributed by atoms with van der Waals surface area (Å²) in [6.45, 7) is 7.42. The van der Waals surface area contributed by atoms with E-state index >= 15 is 0 Å². The van der Waals surface area contributed by atoms with Crippen LogP contribution in [-0.2, 0) is 11.3 Å². The minimum atomic E-state index is -0.312. The third-order valence-electron chi connectivity index (χ3n) is 2.94. The van der Waals surface area contributed by atoms with Gasteiger partial charge in [-0.1, -0.05) is 35.8 Å². The number of rotatable bonds is 6. The normalized spacial score (nSPS) is 12.5. The van der Waals surface area contributed by atoms with E-state index in [0.717, 1.165) is 23.0 Å². The molecule has 0 aliphatic rings. The Hall–Kier alpha value is -0.870. The minimum absolute atomic E-state index is 0.312. The zero-order chi connectivity index (χ0) is 14.4. The average molecular weight is 328 g/mol. The van der Waals surface area contributed by atoms with E-state index in [0.29, 0.717) is 17.5 Å². The van der Waals surface area contributed by atoms with Gasteiger partial charge < -0.3 is 10.1 Å². The highest BCUT2D eigenvalue weighted by Gasteiger charge is 2.09. The van der Waals surface area contributed by atoms with Crippen molar-refractivity contribution in [3.05, 3.63) is 33.8 Å². The van der Waals surface area contributed by atoms with Gasteiger partial charge in [0.1, 0.15) is 0 Å². The number of halogens is 1. The molecule has 0 saturated carbocycles. The maximum atomic E-state index is 11.4. The van der Waals surface area contributed by atoms with Gasteiger partial charge in [-0.2, -0.15) is 0 Å². The van der Waals surface area contributed by atoms with Crippen molar-refractivity contribution < 1.29 is 9.53 Å². The predicted octanol–water partition coefficient (Wildman–Crippen LogP) is 3.76. The predicted molar refractivity (Wildman–Crippen MR) is 81.2 cm³/mol. The van der Waals surface area contributed by atoms with Gasteiger partial charge in [0.05, 0.1) is 12.7 Å². The van der Waals surface area contributed by atoms with Gasteiger partial charge in [-0.15, -0.1) is 0 Å². The molecule has 0 radical (unpaired) electrons. The Kier molecular flexibility index (Phi) is 6.52. The summed E-state index contributed by atoms with van der Waals surface area (Å²) in [7, 11) is 1.39. The lowest BCUT2D eigenvalue weighted by Crippen LogP contribution is -2.27. The summed E-state index contributed by atoms with van der Waals surface area (Å²) >= 11 is 3.50. The van der Waals surface area contributed by atoms with Crippen LogP contribution >= 0.6 is 15.9 Å². The average Bonchev–Trinajstić information content (AvgIpc) is 2.35. The summed E-state index contributed by atoms with van der Waals surface area (Å²) in [6, 6.07) is 6.02. The Labute approximate surface area is 123 Å². The molecule has 0 saturated heterocycles. The second kappa shape index (κ2) is 7.65. The van der Waals surface area contributed by atoms with Crippen LogP contribution in [-0.4, -0.2) is 19.1 Å². The number of methoxy groups -OCH3 is 1. The number of hydrogen-bond donors (Lipinski definition) is 1. The first-order chi connectivity index (χ1) is 8.93. The topological polar surface area (TPSA) is 38.3 Å². The van der Waals surface area contributed by atoms with Gasteiger partial charge in [0.15, 0.2) is 0 Å². The van der Waals surface area contributed by atoms with Crippen LogP contribution < -0.4 is 5.32 Å². The number of hydrogen-bond acceptors (Lipinski definition) is 3. The molecule has 1 unspecified atom stereocenters. The SMILES string of the molecule is COC(=O)c1ccc(CNC(C)CC(C)C)c(Br)c1. The lowest BCUT2D eigenvalue weighted by Gasteiger charge is -2.16. The fourth-order valence-electron chi connectivity index (χ4n) is 2.01. The quantitative estimate of drug-likeness (QED) is 0.808. The van der Waals surface area contributed by atoms with Crippen molar-refractivity contribution in [1.82, 2.24) is 5.32 Å². The van der Waals surface area contributed by atoms with Crippen molar-refractivity contribution in [2.75, 3.05) is 7.11 Å². The van der Waals surface area contributed by atoms with Crippen LogP contribution in [0.25, 0.3) is 0 Å². The molecule has 0 spiro atoms. The minimum Gasteiger partial charge on any atom is -0.465 e. The smallest absolute Gasteiger partial charge is 0.337 e. The summed E-state index contributed by atoms with van der Waals surface area (Å²) in [5.74, 6) is 0.376. The van der Waals surface area contributed by atoms with E-state index in [1.54, 1.807) is 12.1 Å². The molecule has 0 heterocycles. The molecular weight excluding hydrogens is 306 g/mol. The molecule has 1 atom stereocenters. The van der Waals surface area contributed by atoms with Crippen LogP contribution in [0.1, 0.15) is 43.1 Å². The first-order valence-electron chi connectivity index (χ1n) is 6.54. The van der Waals surface area contributed by atoms with E-state index in [2.05, 4.69) is 42.0 Å². The van der Waals surface area contributed by atoms with Crippen LogP contribution in [0.5, 0.6) is 0 Å². The van der Waals surface area contributed by atoms with Gasteiger partial charge in [0, 0.05) is 17.1 Å². The van der Waals surface area contributed by atoms with Gasteiger partial charge in [-0.3, -0.25) is 0 Å². The van der Waals surface area contributed by atoms with E-state index in [1.165, 1.54) is 7.11 Å². The Morgan fingerprint density at radius 2 is 2.05 bits per heavy atom. The van der Waals surface area contributed by atoms with Crippen LogP contribution in [0.4, 0.5) is 0 Å². The molecule has 106 valence electrons.